The molecule has 1 aliphatic carbocycles. The fourth-order valence-corrected chi connectivity index (χ4v) is 5.17. The van der Waals surface area contributed by atoms with Gasteiger partial charge in [-0.1, -0.05) is 18.2 Å². The Morgan fingerprint density at radius 3 is 2.71 bits per heavy atom. The minimum absolute atomic E-state index is 0.0570. The number of aliphatic hydroxyl groups excluding tert-OH is 1. The number of aryl methyl sites for hydroxylation is 1. The molecule has 5 N–H and O–H groups in total. The molecule has 2 aliphatic rings. The molecule has 3 heterocycles. The van der Waals surface area contributed by atoms with E-state index in [4.69, 9.17) is 0 Å². The van der Waals surface area contributed by atoms with E-state index >= 15 is 0 Å². The first-order chi connectivity index (χ1) is 19.7. The third-order valence-corrected chi connectivity index (χ3v) is 7.24. The molecule has 0 saturated carbocycles. The Balaban J connectivity index is 1.24. The molecule has 0 unspecified atom stereocenters. The lowest BCUT2D eigenvalue weighted by molar-refractivity contribution is -0.116. The first-order valence-corrected chi connectivity index (χ1v) is 12.8. The Bertz CT molecular complexity index is 1770. The SMILES string of the molecule is O=C1CCc2ccc(CNC(=O)c3cc(C(=O)N[C@@H]4c5ccc(C(=O)O)cc5C[C@H]4O)n4ncc(F)c4n3)cc2N1. The maximum atomic E-state index is 14.5. The predicted octanol–water partition coefficient (Wildman–Crippen LogP) is 1.77. The van der Waals surface area contributed by atoms with Gasteiger partial charge in [0.15, 0.2) is 11.5 Å². The fourth-order valence-electron chi connectivity index (χ4n) is 5.17. The van der Waals surface area contributed by atoms with E-state index in [9.17, 15) is 33.8 Å². The number of halogens is 1. The molecule has 0 fully saturated rings. The summed E-state index contributed by atoms with van der Waals surface area (Å²) in [4.78, 5) is 53.5. The summed E-state index contributed by atoms with van der Waals surface area (Å²) in [6.45, 7) is 0.0848. The zero-order valence-electron chi connectivity index (χ0n) is 21.3. The second-order valence-electron chi connectivity index (χ2n) is 9.92. The number of aromatic carboxylic acids is 1. The van der Waals surface area contributed by atoms with Gasteiger partial charge in [-0.2, -0.15) is 5.10 Å². The van der Waals surface area contributed by atoms with Gasteiger partial charge in [0.1, 0.15) is 11.4 Å². The average molecular weight is 559 g/mol. The molecular weight excluding hydrogens is 535 g/mol. The molecule has 41 heavy (non-hydrogen) atoms. The molecule has 2 aromatic carbocycles. The van der Waals surface area contributed by atoms with Crippen LogP contribution < -0.4 is 16.0 Å². The number of amides is 3. The minimum Gasteiger partial charge on any atom is -0.478 e. The lowest BCUT2D eigenvalue weighted by atomic mass is 10.0. The molecule has 4 aromatic rings. The quantitative estimate of drug-likeness (QED) is 0.238. The number of hydrogen-bond acceptors (Lipinski definition) is 7. The number of nitrogens with one attached hydrogen (secondary N) is 3. The molecule has 3 amide bonds. The van der Waals surface area contributed by atoms with E-state index < -0.39 is 35.7 Å². The first kappa shape index (κ1) is 26.1. The highest BCUT2D eigenvalue weighted by atomic mass is 19.1. The number of hydrogen-bond donors (Lipinski definition) is 5. The average Bonchev–Trinajstić information content (AvgIpc) is 3.48. The van der Waals surface area contributed by atoms with Crippen LogP contribution in [0.4, 0.5) is 10.1 Å². The molecule has 0 radical (unpaired) electrons. The van der Waals surface area contributed by atoms with Crippen molar-refractivity contribution in [2.45, 2.75) is 38.0 Å². The van der Waals surface area contributed by atoms with Gasteiger partial charge in [-0.15, -0.1) is 0 Å². The van der Waals surface area contributed by atoms with Crippen molar-refractivity contribution in [2.24, 2.45) is 0 Å². The molecule has 0 saturated heterocycles. The smallest absolute Gasteiger partial charge is 0.335 e. The first-order valence-electron chi connectivity index (χ1n) is 12.8. The molecule has 0 bridgehead atoms. The van der Waals surface area contributed by atoms with Crippen molar-refractivity contribution in [2.75, 3.05) is 5.32 Å². The van der Waals surface area contributed by atoms with Crippen molar-refractivity contribution in [3.05, 3.63) is 93.7 Å². The summed E-state index contributed by atoms with van der Waals surface area (Å²) in [6, 6.07) is 10.1. The largest absolute Gasteiger partial charge is 0.478 e. The van der Waals surface area contributed by atoms with Crippen LogP contribution in [0.1, 0.15) is 66.1 Å². The highest BCUT2D eigenvalue weighted by Gasteiger charge is 2.34. The number of rotatable bonds is 6. The van der Waals surface area contributed by atoms with Crippen molar-refractivity contribution in [1.82, 2.24) is 25.2 Å². The summed E-state index contributed by atoms with van der Waals surface area (Å²) >= 11 is 0. The second-order valence-corrected chi connectivity index (χ2v) is 9.92. The normalized spacial score (nSPS) is 17.5. The highest BCUT2D eigenvalue weighted by molar-refractivity contribution is 5.98. The summed E-state index contributed by atoms with van der Waals surface area (Å²) in [5.41, 5.74) is 2.82. The van der Waals surface area contributed by atoms with Gasteiger partial charge in [0.2, 0.25) is 5.91 Å². The van der Waals surface area contributed by atoms with E-state index in [1.165, 1.54) is 24.3 Å². The maximum absolute atomic E-state index is 14.5. The Morgan fingerprint density at radius 2 is 1.90 bits per heavy atom. The zero-order valence-corrected chi connectivity index (χ0v) is 21.3. The zero-order chi connectivity index (χ0) is 28.8. The third kappa shape index (κ3) is 4.87. The number of anilines is 1. The Kier molecular flexibility index (Phi) is 6.42. The van der Waals surface area contributed by atoms with Gasteiger partial charge in [0, 0.05) is 31.1 Å². The van der Waals surface area contributed by atoms with Crippen LogP contribution in [-0.4, -0.2) is 54.6 Å². The number of carboxylic acid groups (broad SMARTS) is 1. The number of carboxylic acids is 1. The van der Waals surface area contributed by atoms with Gasteiger partial charge in [-0.3, -0.25) is 14.4 Å². The lowest BCUT2D eigenvalue weighted by Crippen LogP contribution is -2.35. The second kappa shape index (κ2) is 10.1. The third-order valence-electron chi connectivity index (χ3n) is 7.24. The Morgan fingerprint density at radius 1 is 1.07 bits per heavy atom. The van der Waals surface area contributed by atoms with Gasteiger partial charge in [-0.05, 0) is 46.9 Å². The number of aliphatic hydroxyl groups is 1. The predicted molar refractivity (Wildman–Crippen MR) is 141 cm³/mol. The number of carbonyl (C=O) groups excluding carboxylic acids is 3. The molecule has 6 rings (SSSR count). The van der Waals surface area contributed by atoms with E-state index in [1.807, 2.05) is 12.1 Å². The minimum atomic E-state index is -1.11. The van der Waals surface area contributed by atoms with E-state index in [2.05, 4.69) is 26.0 Å². The van der Waals surface area contributed by atoms with Crippen LogP contribution in [0.5, 0.6) is 0 Å². The number of benzene rings is 2. The van der Waals surface area contributed by atoms with Crippen molar-refractivity contribution in [3.8, 4) is 0 Å². The number of nitrogens with zero attached hydrogens (tertiary/aromatic N) is 3. The van der Waals surface area contributed by atoms with Gasteiger partial charge in [0.05, 0.1) is 23.9 Å². The number of aromatic nitrogens is 3. The summed E-state index contributed by atoms with van der Waals surface area (Å²) in [5.74, 6) is -3.45. The van der Waals surface area contributed by atoms with Gasteiger partial charge in [-0.25, -0.2) is 18.7 Å². The molecule has 12 nitrogen and oxygen atoms in total. The summed E-state index contributed by atoms with van der Waals surface area (Å²) in [7, 11) is 0. The summed E-state index contributed by atoms with van der Waals surface area (Å²) in [6.07, 6.45) is 1.01. The van der Waals surface area contributed by atoms with E-state index in [0.717, 1.165) is 16.3 Å². The number of fused-ring (bicyclic) bond motifs is 3. The van der Waals surface area contributed by atoms with Crippen molar-refractivity contribution in [1.29, 1.82) is 0 Å². The van der Waals surface area contributed by atoms with Crippen LogP contribution in [0.25, 0.3) is 5.65 Å². The molecule has 2 aromatic heterocycles. The van der Waals surface area contributed by atoms with Gasteiger partial charge in [0.25, 0.3) is 11.8 Å². The van der Waals surface area contributed by atoms with Crippen LogP contribution in [0.2, 0.25) is 0 Å². The van der Waals surface area contributed by atoms with Crippen molar-refractivity contribution in [3.63, 3.8) is 0 Å². The van der Waals surface area contributed by atoms with Crippen LogP contribution in [-0.2, 0) is 24.2 Å². The van der Waals surface area contributed by atoms with E-state index in [-0.39, 0.29) is 41.5 Å². The van der Waals surface area contributed by atoms with Crippen molar-refractivity contribution < 1.29 is 33.8 Å². The molecule has 13 heteroatoms. The van der Waals surface area contributed by atoms with Crippen LogP contribution in [0.3, 0.4) is 0 Å². The summed E-state index contributed by atoms with van der Waals surface area (Å²) < 4.78 is 15.5. The lowest BCUT2D eigenvalue weighted by Gasteiger charge is -2.19. The van der Waals surface area contributed by atoms with E-state index in [0.29, 0.717) is 35.2 Å². The molecule has 2 atom stereocenters. The molecule has 1 aliphatic heterocycles. The van der Waals surface area contributed by atoms with E-state index in [1.54, 1.807) is 6.07 Å². The van der Waals surface area contributed by atoms with Crippen molar-refractivity contribution >= 4 is 35.0 Å². The van der Waals surface area contributed by atoms with Gasteiger partial charge >= 0.3 is 5.97 Å². The molecule has 0 spiro atoms. The van der Waals surface area contributed by atoms with Crippen LogP contribution in [0.15, 0.2) is 48.7 Å². The molecular formula is C28H23FN6O6. The fraction of sp³-hybridized carbons (Fsp3) is 0.214. The molecule has 208 valence electrons. The monoisotopic (exact) mass is 558 g/mol. The standard InChI is InChI=1S/C28H23FN6O6/c29-18-12-31-35-21(27(39)34-24-17-5-3-15(28(40)41)8-16(17)9-22(24)36)10-20(33-25(18)35)26(38)30-11-13-1-2-14-4-6-23(37)32-19(14)7-13/h1-3,5,7-8,10,12,22,24,36H,4,6,9,11H2,(H,30,38)(H,32,37)(H,34,39)(H,40,41)/t22-,24-/m1/s1. The van der Waals surface area contributed by atoms with Crippen LogP contribution in [0, 0.1) is 5.82 Å². The van der Waals surface area contributed by atoms with Gasteiger partial charge < -0.3 is 26.2 Å². The Hall–Kier alpha value is -5.17. The maximum Gasteiger partial charge on any atom is 0.335 e. The van der Waals surface area contributed by atoms with Crippen LogP contribution >= 0.6 is 0 Å². The highest BCUT2D eigenvalue weighted by Crippen LogP contribution is 2.32. The summed E-state index contributed by atoms with van der Waals surface area (Å²) in [5, 5.41) is 31.9. The topological polar surface area (TPSA) is 175 Å². The number of carbonyl (C=O) groups is 4. The Labute approximate surface area is 231 Å².